The van der Waals surface area contributed by atoms with Crippen LogP contribution in [0.15, 0.2) is 36.4 Å². The molecule has 20 heavy (non-hydrogen) atoms. The zero-order valence-corrected chi connectivity index (χ0v) is 11.4. The van der Waals surface area contributed by atoms with Crippen LogP contribution >= 0.6 is 0 Å². The third-order valence-corrected chi connectivity index (χ3v) is 3.09. The zero-order chi connectivity index (χ0) is 14.7. The minimum atomic E-state index is -1.20. The Balaban J connectivity index is 2.46. The van der Waals surface area contributed by atoms with Crippen LogP contribution in [-0.2, 0) is 0 Å². The van der Waals surface area contributed by atoms with Crippen LogP contribution in [0.25, 0.3) is 0 Å². The standard InChI is InChI=1S/C16H16F2O2/c1-3-20-15-7-5-4-6-11(15)16(19)12-8-10(2)13(17)9-14(12)18/h4-9,16,19H,3H2,1-2H3. The van der Waals surface area contributed by atoms with Crippen LogP contribution in [0.1, 0.15) is 29.7 Å². The van der Waals surface area contributed by atoms with Crippen LogP contribution < -0.4 is 4.74 Å². The number of para-hydroxylation sites is 1. The van der Waals surface area contributed by atoms with Crippen molar-refractivity contribution < 1.29 is 18.6 Å². The number of aryl methyl sites for hydroxylation is 1. The van der Waals surface area contributed by atoms with Crippen molar-refractivity contribution in [1.82, 2.24) is 0 Å². The molecule has 1 N–H and O–H groups in total. The summed E-state index contributed by atoms with van der Waals surface area (Å²) in [6.45, 7) is 3.79. The summed E-state index contributed by atoms with van der Waals surface area (Å²) < 4.78 is 32.5. The largest absolute Gasteiger partial charge is 0.493 e. The Morgan fingerprint density at radius 2 is 1.80 bits per heavy atom. The number of aliphatic hydroxyl groups excluding tert-OH is 1. The lowest BCUT2D eigenvalue weighted by molar-refractivity contribution is 0.206. The first-order chi connectivity index (χ1) is 9.54. The normalized spacial score (nSPS) is 12.2. The molecule has 0 amide bonds. The Morgan fingerprint density at radius 3 is 2.50 bits per heavy atom. The summed E-state index contributed by atoms with van der Waals surface area (Å²) in [6, 6.07) is 8.97. The number of rotatable bonds is 4. The molecular formula is C16H16F2O2. The SMILES string of the molecule is CCOc1ccccc1C(O)c1cc(C)c(F)cc1F. The predicted molar refractivity (Wildman–Crippen MR) is 72.8 cm³/mol. The topological polar surface area (TPSA) is 29.5 Å². The fourth-order valence-electron chi connectivity index (χ4n) is 2.05. The molecule has 0 aromatic heterocycles. The molecule has 2 nitrogen and oxygen atoms in total. The summed E-state index contributed by atoms with van der Waals surface area (Å²) >= 11 is 0. The van der Waals surface area contributed by atoms with Crippen molar-refractivity contribution in [1.29, 1.82) is 0 Å². The molecule has 106 valence electrons. The maximum atomic E-state index is 13.8. The molecule has 0 fully saturated rings. The van der Waals surface area contributed by atoms with Gasteiger partial charge in [-0.05, 0) is 31.5 Å². The second-order valence-corrected chi connectivity index (χ2v) is 4.50. The van der Waals surface area contributed by atoms with E-state index in [4.69, 9.17) is 4.74 Å². The number of hydrogen-bond donors (Lipinski definition) is 1. The molecule has 1 unspecified atom stereocenters. The number of halogens is 2. The average Bonchev–Trinajstić information content (AvgIpc) is 2.43. The molecular weight excluding hydrogens is 262 g/mol. The molecule has 0 bridgehead atoms. The second kappa shape index (κ2) is 6.01. The van der Waals surface area contributed by atoms with Crippen LogP contribution in [0.4, 0.5) is 8.78 Å². The third kappa shape index (κ3) is 2.80. The summed E-state index contributed by atoms with van der Waals surface area (Å²) in [4.78, 5) is 0. The quantitative estimate of drug-likeness (QED) is 0.923. The van der Waals surface area contributed by atoms with Gasteiger partial charge in [0.15, 0.2) is 0 Å². The van der Waals surface area contributed by atoms with Crippen LogP contribution in [0.2, 0.25) is 0 Å². The Hall–Kier alpha value is -1.94. The van der Waals surface area contributed by atoms with E-state index in [0.717, 1.165) is 6.07 Å². The molecule has 2 aromatic carbocycles. The van der Waals surface area contributed by atoms with Crippen molar-refractivity contribution in [3.63, 3.8) is 0 Å². The highest BCUT2D eigenvalue weighted by Crippen LogP contribution is 2.32. The number of ether oxygens (including phenoxy) is 1. The maximum Gasteiger partial charge on any atom is 0.132 e. The van der Waals surface area contributed by atoms with E-state index in [0.29, 0.717) is 17.9 Å². The van der Waals surface area contributed by atoms with Crippen LogP contribution in [0, 0.1) is 18.6 Å². The summed E-state index contributed by atoms with van der Waals surface area (Å²) in [5, 5.41) is 10.4. The van der Waals surface area contributed by atoms with Gasteiger partial charge in [-0.1, -0.05) is 18.2 Å². The van der Waals surface area contributed by atoms with E-state index >= 15 is 0 Å². The molecule has 0 saturated carbocycles. The molecule has 0 aliphatic heterocycles. The smallest absolute Gasteiger partial charge is 0.132 e. The highest BCUT2D eigenvalue weighted by atomic mass is 19.1. The van der Waals surface area contributed by atoms with E-state index in [2.05, 4.69) is 0 Å². The molecule has 0 radical (unpaired) electrons. The fourth-order valence-corrected chi connectivity index (χ4v) is 2.05. The second-order valence-electron chi connectivity index (χ2n) is 4.50. The van der Waals surface area contributed by atoms with Gasteiger partial charge in [0.2, 0.25) is 0 Å². The fraction of sp³-hybridized carbons (Fsp3) is 0.250. The Kier molecular flexibility index (Phi) is 4.35. The van der Waals surface area contributed by atoms with Crippen LogP contribution in [-0.4, -0.2) is 11.7 Å². The molecule has 2 rings (SSSR count). The van der Waals surface area contributed by atoms with Crippen molar-refractivity contribution in [2.24, 2.45) is 0 Å². The van der Waals surface area contributed by atoms with Crippen molar-refractivity contribution in [2.75, 3.05) is 6.61 Å². The molecule has 0 saturated heterocycles. The van der Waals surface area contributed by atoms with Crippen molar-refractivity contribution in [3.05, 3.63) is 64.7 Å². The van der Waals surface area contributed by atoms with Crippen molar-refractivity contribution in [2.45, 2.75) is 20.0 Å². The van der Waals surface area contributed by atoms with Gasteiger partial charge in [-0.3, -0.25) is 0 Å². The Bertz CT molecular complexity index is 611. The monoisotopic (exact) mass is 278 g/mol. The molecule has 4 heteroatoms. The van der Waals surface area contributed by atoms with Crippen molar-refractivity contribution in [3.8, 4) is 5.75 Å². The van der Waals surface area contributed by atoms with E-state index in [9.17, 15) is 13.9 Å². The third-order valence-electron chi connectivity index (χ3n) is 3.09. The number of aliphatic hydroxyl groups is 1. The van der Waals surface area contributed by atoms with Gasteiger partial charge in [0, 0.05) is 17.2 Å². The summed E-state index contributed by atoms with van der Waals surface area (Å²) in [6.07, 6.45) is -1.20. The van der Waals surface area contributed by atoms with Crippen LogP contribution in [0.5, 0.6) is 5.75 Å². The maximum absolute atomic E-state index is 13.8. The highest BCUT2D eigenvalue weighted by molar-refractivity contribution is 5.41. The van der Waals surface area contributed by atoms with Gasteiger partial charge in [0.1, 0.15) is 23.5 Å². The van der Waals surface area contributed by atoms with E-state index in [1.54, 1.807) is 24.3 Å². The molecule has 0 spiro atoms. The summed E-state index contributed by atoms with van der Waals surface area (Å²) in [7, 11) is 0. The van der Waals surface area contributed by atoms with Gasteiger partial charge < -0.3 is 9.84 Å². The van der Waals surface area contributed by atoms with E-state index in [1.165, 1.54) is 13.0 Å². The molecule has 0 aliphatic carbocycles. The predicted octanol–water partition coefficient (Wildman–Crippen LogP) is 3.75. The van der Waals surface area contributed by atoms with Gasteiger partial charge in [0.05, 0.1) is 6.61 Å². The first kappa shape index (κ1) is 14.5. The van der Waals surface area contributed by atoms with Gasteiger partial charge in [-0.15, -0.1) is 0 Å². The molecule has 2 aromatic rings. The summed E-state index contributed by atoms with van der Waals surface area (Å²) in [5.41, 5.74) is 0.782. The van der Waals surface area contributed by atoms with Gasteiger partial charge in [-0.25, -0.2) is 8.78 Å². The average molecular weight is 278 g/mol. The van der Waals surface area contributed by atoms with Crippen LogP contribution in [0.3, 0.4) is 0 Å². The molecule has 1 atom stereocenters. The van der Waals surface area contributed by atoms with Gasteiger partial charge in [-0.2, -0.15) is 0 Å². The summed E-state index contributed by atoms with van der Waals surface area (Å²) in [5.74, 6) is -0.910. The Morgan fingerprint density at radius 1 is 1.10 bits per heavy atom. The van der Waals surface area contributed by atoms with Crippen molar-refractivity contribution >= 4 is 0 Å². The van der Waals surface area contributed by atoms with Gasteiger partial charge >= 0.3 is 0 Å². The Labute approximate surface area is 116 Å². The van der Waals surface area contributed by atoms with E-state index in [1.807, 2.05) is 6.92 Å². The van der Waals surface area contributed by atoms with Gasteiger partial charge in [0.25, 0.3) is 0 Å². The lowest BCUT2D eigenvalue weighted by Crippen LogP contribution is -2.07. The highest BCUT2D eigenvalue weighted by Gasteiger charge is 2.20. The molecule has 0 heterocycles. The number of benzene rings is 2. The van der Waals surface area contributed by atoms with E-state index in [-0.39, 0.29) is 11.1 Å². The minimum Gasteiger partial charge on any atom is -0.493 e. The molecule has 0 aliphatic rings. The minimum absolute atomic E-state index is 0.0380. The first-order valence-electron chi connectivity index (χ1n) is 6.40. The first-order valence-corrected chi connectivity index (χ1v) is 6.40. The lowest BCUT2D eigenvalue weighted by Gasteiger charge is -2.17. The van der Waals surface area contributed by atoms with E-state index < -0.39 is 17.7 Å². The lowest BCUT2D eigenvalue weighted by atomic mass is 9.98. The zero-order valence-electron chi connectivity index (χ0n) is 11.4. The number of hydrogen-bond acceptors (Lipinski definition) is 2.